The number of pyridine rings is 1. The van der Waals surface area contributed by atoms with E-state index in [2.05, 4.69) is 6.92 Å². The van der Waals surface area contributed by atoms with Crippen molar-refractivity contribution in [3.05, 3.63) is 30.1 Å². The van der Waals surface area contributed by atoms with Crippen LogP contribution in [0.5, 0.6) is 0 Å². The predicted molar refractivity (Wildman–Crippen MR) is 89.9 cm³/mol. The predicted octanol–water partition coefficient (Wildman–Crippen LogP) is 4.53. The normalized spacial score (nSPS) is 10.6. The van der Waals surface area contributed by atoms with E-state index in [4.69, 9.17) is 4.84 Å². The molecule has 0 radical (unpaired) electrons. The van der Waals surface area contributed by atoms with Gasteiger partial charge in [0.1, 0.15) is 0 Å². The number of rotatable bonds is 13. The average molecular weight is 306 g/mol. The average Bonchev–Trinajstić information content (AvgIpc) is 2.54. The first-order valence-corrected chi connectivity index (χ1v) is 8.96. The summed E-state index contributed by atoms with van der Waals surface area (Å²) in [5, 5.41) is 0. The molecule has 0 spiro atoms. The van der Waals surface area contributed by atoms with Gasteiger partial charge in [0.25, 0.3) is 5.69 Å². The van der Waals surface area contributed by atoms with E-state index in [0.29, 0.717) is 18.7 Å². The quantitative estimate of drug-likeness (QED) is 0.304. The standard InChI is InChI=1S/C19H32NO2/c1-3-5-6-7-8-9-10-11-12-16-19(21)18-15-13-14-17-20(18)22-4-2/h13-15,17H,3-12,16H2,1-2H3/q+1. The number of hydrogen-bond donors (Lipinski definition) is 0. The third-order valence-corrected chi connectivity index (χ3v) is 3.89. The van der Waals surface area contributed by atoms with Gasteiger partial charge in [0.2, 0.25) is 12.0 Å². The van der Waals surface area contributed by atoms with Gasteiger partial charge in [-0.05, 0) is 19.4 Å². The lowest BCUT2D eigenvalue weighted by atomic mass is 10.0. The van der Waals surface area contributed by atoms with E-state index in [0.717, 1.165) is 12.8 Å². The van der Waals surface area contributed by atoms with Gasteiger partial charge in [0.15, 0.2) is 6.61 Å². The zero-order valence-electron chi connectivity index (χ0n) is 14.4. The molecule has 0 aromatic carbocycles. The van der Waals surface area contributed by atoms with Gasteiger partial charge in [-0.25, -0.2) is 0 Å². The number of Topliss-reactive ketones (excluding diaryl/α,β-unsaturated/α-hetero) is 1. The van der Waals surface area contributed by atoms with Crippen molar-refractivity contribution < 1.29 is 14.4 Å². The summed E-state index contributed by atoms with van der Waals surface area (Å²) in [5.41, 5.74) is 0.656. The molecule has 0 aliphatic carbocycles. The van der Waals surface area contributed by atoms with Gasteiger partial charge in [0, 0.05) is 23.3 Å². The van der Waals surface area contributed by atoms with Crippen molar-refractivity contribution in [2.75, 3.05) is 6.61 Å². The highest BCUT2D eigenvalue weighted by atomic mass is 16.7. The molecular weight excluding hydrogens is 274 g/mol. The Balaban J connectivity index is 2.16. The number of carbonyl (C=O) groups is 1. The first-order valence-electron chi connectivity index (χ1n) is 8.96. The van der Waals surface area contributed by atoms with E-state index in [1.807, 2.05) is 25.1 Å². The number of unbranched alkanes of at least 4 members (excludes halogenated alkanes) is 8. The van der Waals surface area contributed by atoms with E-state index in [1.165, 1.54) is 44.9 Å². The maximum atomic E-state index is 12.2. The SMILES string of the molecule is CCCCCCCCCCCC(=O)c1cccc[n+]1OCC. The van der Waals surface area contributed by atoms with Crippen molar-refractivity contribution in [1.82, 2.24) is 0 Å². The third-order valence-electron chi connectivity index (χ3n) is 3.89. The van der Waals surface area contributed by atoms with Crippen molar-refractivity contribution >= 4 is 5.78 Å². The lowest BCUT2D eigenvalue weighted by Crippen LogP contribution is -2.47. The van der Waals surface area contributed by atoms with Crippen LogP contribution in [-0.4, -0.2) is 12.4 Å². The molecule has 3 nitrogen and oxygen atoms in total. The van der Waals surface area contributed by atoms with E-state index < -0.39 is 0 Å². The van der Waals surface area contributed by atoms with Gasteiger partial charge in [-0.2, -0.15) is 0 Å². The Morgan fingerprint density at radius 3 is 2.23 bits per heavy atom. The Morgan fingerprint density at radius 2 is 1.59 bits per heavy atom. The molecular formula is C19H32NO2+. The van der Waals surface area contributed by atoms with E-state index >= 15 is 0 Å². The van der Waals surface area contributed by atoms with E-state index in [1.54, 1.807) is 10.9 Å². The monoisotopic (exact) mass is 306 g/mol. The van der Waals surface area contributed by atoms with Crippen LogP contribution in [0.2, 0.25) is 0 Å². The second-order valence-electron chi connectivity index (χ2n) is 5.83. The molecule has 0 N–H and O–H groups in total. The van der Waals surface area contributed by atoms with Crippen molar-refractivity contribution in [3.8, 4) is 0 Å². The number of ketones is 1. The summed E-state index contributed by atoms with van der Waals surface area (Å²) in [4.78, 5) is 17.7. The summed E-state index contributed by atoms with van der Waals surface area (Å²) in [5.74, 6) is 0.178. The Kier molecular flexibility index (Phi) is 10.3. The topological polar surface area (TPSA) is 30.2 Å². The van der Waals surface area contributed by atoms with Crippen LogP contribution < -0.4 is 9.57 Å². The Morgan fingerprint density at radius 1 is 0.955 bits per heavy atom. The first-order chi connectivity index (χ1) is 10.8. The van der Waals surface area contributed by atoms with Gasteiger partial charge in [-0.3, -0.25) is 9.63 Å². The van der Waals surface area contributed by atoms with Crippen LogP contribution in [0.3, 0.4) is 0 Å². The summed E-state index contributed by atoms with van der Waals surface area (Å²) in [6.45, 7) is 4.74. The molecule has 0 saturated heterocycles. The minimum Gasteiger partial charge on any atom is -0.287 e. The zero-order chi connectivity index (χ0) is 16.0. The van der Waals surface area contributed by atoms with Gasteiger partial charge >= 0.3 is 0 Å². The van der Waals surface area contributed by atoms with Crippen molar-refractivity contribution in [2.24, 2.45) is 0 Å². The van der Waals surface area contributed by atoms with Crippen LogP contribution in [-0.2, 0) is 0 Å². The fraction of sp³-hybridized carbons (Fsp3) is 0.684. The third kappa shape index (κ3) is 7.58. The molecule has 0 amide bonds. The molecule has 0 saturated carbocycles. The molecule has 0 aliphatic heterocycles. The minimum absolute atomic E-state index is 0.178. The number of carbonyl (C=O) groups excluding carboxylic acids is 1. The summed E-state index contributed by atoms with van der Waals surface area (Å²) in [6, 6.07) is 5.61. The van der Waals surface area contributed by atoms with E-state index in [-0.39, 0.29) is 5.78 Å². The van der Waals surface area contributed by atoms with Crippen LogP contribution in [0.25, 0.3) is 0 Å². The smallest absolute Gasteiger partial charge is 0.287 e. The highest BCUT2D eigenvalue weighted by molar-refractivity contribution is 5.92. The molecule has 3 heteroatoms. The molecule has 0 bridgehead atoms. The van der Waals surface area contributed by atoms with Crippen LogP contribution in [0.4, 0.5) is 0 Å². The molecule has 0 unspecified atom stereocenters. The Hall–Kier alpha value is -1.38. The first kappa shape index (κ1) is 18.7. The van der Waals surface area contributed by atoms with Crippen LogP contribution >= 0.6 is 0 Å². The summed E-state index contributed by atoms with van der Waals surface area (Å²) < 4.78 is 1.59. The Labute approximate surface area is 135 Å². The van der Waals surface area contributed by atoms with Crippen molar-refractivity contribution in [3.63, 3.8) is 0 Å². The minimum atomic E-state index is 0.178. The van der Waals surface area contributed by atoms with Gasteiger partial charge in [-0.1, -0.05) is 58.3 Å². The number of hydrogen-bond acceptors (Lipinski definition) is 2. The number of aromatic nitrogens is 1. The van der Waals surface area contributed by atoms with Gasteiger partial charge < -0.3 is 0 Å². The maximum absolute atomic E-state index is 12.2. The molecule has 124 valence electrons. The van der Waals surface area contributed by atoms with Crippen LogP contribution in [0, 0.1) is 0 Å². The molecule has 1 aromatic heterocycles. The van der Waals surface area contributed by atoms with Crippen molar-refractivity contribution in [2.45, 2.75) is 78.1 Å². The van der Waals surface area contributed by atoms with Gasteiger partial charge in [0.05, 0.1) is 0 Å². The molecule has 1 rings (SSSR count). The van der Waals surface area contributed by atoms with Crippen LogP contribution in [0.15, 0.2) is 24.4 Å². The highest BCUT2D eigenvalue weighted by Gasteiger charge is 2.19. The fourth-order valence-electron chi connectivity index (χ4n) is 2.62. The molecule has 22 heavy (non-hydrogen) atoms. The van der Waals surface area contributed by atoms with E-state index in [9.17, 15) is 4.79 Å². The lowest BCUT2D eigenvalue weighted by Gasteiger charge is -2.02. The maximum Gasteiger partial charge on any atom is 0.300 e. The highest BCUT2D eigenvalue weighted by Crippen LogP contribution is 2.11. The fourth-order valence-corrected chi connectivity index (χ4v) is 2.62. The molecule has 1 heterocycles. The summed E-state index contributed by atoms with van der Waals surface area (Å²) >= 11 is 0. The number of nitrogens with zero attached hydrogens (tertiary/aromatic N) is 1. The largest absolute Gasteiger partial charge is 0.300 e. The second kappa shape index (κ2) is 12.2. The van der Waals surface area contributed by atoms with Gasteiger partial charge in [-0.15, -0.1) is 0 Å². The molecule has 0 fully saturated rings. The zero-order valence-corrected chi connectivity index (χ0v) is 14.4. The lowest BCUT2D eigenvalue weighted by molar-refractivity contribution is -0.892. The Bertz CT molecular complexity index is 418. The molecule has 0 atom stereocenters. The molecule has 0 aliphatic rings. The molecule has 1 aromatic rings. The second-order valence-corrected chi connectivity index (χ2v) is 5.83. The van der Waals surface area contributed by atoms with Crippen molar-refractivity contribution in [1.29, 1.82) is 0 Å². The summed E-state index contributed by atoms with van der Waals surface area (Å²) in [6.07, 6.45) is 13.9. The van der Waals surface area contributed by atoms with Crippen LogP contribution in [0.1, 0.15) is 88.5 Å². The summed E-state index contributed by atoms with van der Waals surface area (Å²) in [7, 11) is 0.